The van der Waals surface area contributed by atoms with Crippen molar-refractivity contribution >= 4 is 5.91 Å². The Kier molecular flexibility index (Phi) is 29.9. The van der Waals surface area contributed by atoms with Crippen LogP contribution in [0.4, 0.5) is 0 Å². The van der Waals surface area contributed by atoms with Crippen LogP contribution >= 0.6 is 0 Å². The maximum atomic E-state index is 13.0. The molecule has 0 unspecified atom stereocenters. The summed E-state index contributed by atoms with van der Waals surface area (Å²) in [5.74, 6) is -0.627. The van der Waals surface area contributed by atoms with Crippen LogP contribution in [0.15, 0.2) is 23.8 Å². The molecule has 0 spiro atoms. The Hall–Kier alpha value is -1.37. The number of aliphatic hydroxyl groups is 6. The van der Waals surface area contributed by atoms with E-state index in [4.69, 9.17) is 9.47 Å². The summed E-state index contributed by atoms with van der Waals surface area (Å²) in [7, 11) is 0. The zero-order valence-electron chi connectivity index (χ0n) is 33.1. The molecular weight excluding hydrogens is 662 g/mol. The highest BCUT2D eigenvalue weighted by atomic mass is 16.7. The van der Waals surface area contributed by atoms with Gasteiger partial charge in [-0.2, -0.15) is 0 Å². The zero-order chi connectivity index (χ0) is 38.4. The molecule has 1 heterocycles. The summed E-state index contributed by atoms with van der Waals surface area (Å²) >= 11 is 0. The minimum Gasteiger partial charge on any atom is -0.394 e. The number of carbonyl (C=O) groups excluding carboxylic acids is 1. The fourth-order valence-corrected chi connectivity index (χ4v) is 6.65. The third-order valence-corrected chi connectivity index (χ3v) is 10.2. The minimum atomic E-state index is -1.61. The summed E-state index contributed by atoms with van der Waals surface area (Å²) in [6.45, 7) is 5.71. The second-order valence-electron chi connectivity index (χ2n) is 15.1. The average molecular weight is 742 g/mol. The summed E-state index contributed by atoms with van der Waals surface area (Å²) < 4.78 is 11.1. The molecule has 306 valence electrons. The quantitative estimate of drug-likeness (QED) is 0.0279. The van der Waals surface area contributed by atoms with Crippen LogP contribution in [0.1, 0.15) is 175 Å². The highest BCUT2D eigenvalue weighted by Crippen LogP contribution is 2.22. The first-order chi connectivity index (χ1) is 25.2. The lowest BCUT2D eigenvalue weighted by molar-refractivity contribution is -0.302. The van der Waals surface area contributed by atoms with Gasteiger partial charge in [0.2, 0.25) is 5.91 Å². The lowest BCUT2D eigenvalue weighted by atomic mass is 9.99. The molecule has 1 fully saturated rings. The second kappa shape index (κ2) is 31.9. The molecule has 0 aliphatic carbocycles. The predicted octanol–water partition coefficient (Wildman–Crippen LogP) is 6.91. The Morgan fingerprint density at radius 1 is 0.731 bits per heavy atom. The van der Waals surface area contributed by atoms with Crippen LogP contribution in [0.25, 0.3) is 0 Å². The lowest BCUT2D eigenvalue weighted by Crippen LogP contribution is -2.60. The number of allylic oxidation sites excluding steroid dienone is 3. The van der Waals surface area contributed by atoms with Crippen molar-refractivity contribution in [3.05, 3.63) is 23.8 Å². The molecular formula is C42H79NO9. The van der Waals surface area contributed by atoms with Crippen LogP contribution in [0.5, 0.6) is 0 Å². The van der Waals surface area contributed by atoms with Crippen molar-refractivity contribution < 1.29 is 44.9 Å². The van der Waals surface area contributed by atoms with Gasteiger partial charge in [-0.1, -0.05) is 160 Å². The molecule has 1 aliphatic heterocycles. The van der Waals surface area contributed by atoms with Crippen molar-refractivity contribution in [2.45, 2.75) is 224 Å². The maximum absolute atomic E-state index is 13.0. The van der Waals surface area contributed by atoms with Crippen molar-refractivity contribution in [2.75, 3.05) is 13.2 Å². The van der Waals surface area contributed by atoms with Crippen LogP contribution in [0.3, 0.4) is 0 Å². The van der Waals surface area contributed by atoms with Gasteiger partial charge in [0.15, 0.2) is 6.29 Å². The maximum Gasteiger partial charge on any atom is 0.249 e. The number of hydrogen-bond acceptors (Lipinski definition) is 9. The molecule has 0 saturated carbocycles. The molecule has 1 saturated heterocycles. The third kappa shape index (κ3) is 22.8. The van der Waals surface area contributed by atoms with E-state index in [1.807, 2.05) is 6.08 Å². The van der Waals surface area contributed by atoms with Gasteiger partial charge in [-0.3, -0.25) is 4.79 Å². The third-order valence-electron chi connectivity index (χ3n) is 10.2. The van der Waals surface area contributed by atoms with E-state index >= 15 is 0 Å². The van der Waals surface area contributed by atoms with E-state index in [0.29, 0.717) is 19.3 Å². The molecule has 1 amide bonds. The molecule has 52 heavy (non-hydrogen) atoms. The van der Waals surface area contributed by atoms with Gasteiger partial charge in [-0.05, 0) is 39.0 Å². The summed E-state index contributed by atoms with van der Waals surface area (Å²) in [5.41, 5.74) is 1.36. The number of rotatable bonds is 33. The van der Waals surface area contributed by atoms with E-state index in [1.165, 1.54) is 108 Å². The van der Waals surface area contributed by atoms with Gasteiger partial charge in [0.05, 0.1) is 25.4 Å². The van der Waals surface area contributed by atoms with E-state index in [2.05, 4.69) is 32.2 Å². The molecule has 0 aromatic rings. The molecule has 0 bridgehead atoms. The molecule has 1 aliphatic rings. The van der Waals surface area contributed by atoms with Gasteiger partial charge in [0.25, 0.3) is 0 Å². The highest BCUT2D eigenvalue weighted by Gasteiger charge is 2.44. The zero-order valence-corrected chi connectivity index (χ0v) is 33.1. The number of carbonyl (C=O) groups is 1. The molecule has 0 aromatic heterocycles. The lowest BCUT2D eigenvalue weighted by Gasteiger charge is -2.40. The van der Waals surface area contributed by atoms with Gasteiger partial charge in [0, 0.05) is 0 Å². The van der Waals surface area contributed by atoms with E-state index in [9.17, 15) is 35.4 Å². The van der Waals surface area contributed by atoms with Gasteiger partial charge >= 0.3 is 0 Å². The molecule has 10 heteroatoms. The van der Waals surface area contributed by atoms with Gasteiger partial charge in [-0.25, -0.2) is 0 Å². The fourth-order valence-electron chi connectivity index (χ4n) is 6.65. The topological polar surface area (TPSA) is 169 Å². The van der Waals surface area contributed by atoms with E-state index in [1.54, 1.807) is 6.08 Å². The average Bonchev–Trinajstić information content (AvgIpc) is 3.14. The highest BCUT2D eigenvalue weighted by molar-refractivity contribution is 5.80. The summed E-state index contributed by atoms with van der Waals surface area (Å²) in [5, 5.41) is 64.5. The monoisotopic (exact) mass is 742 g/mol. The van der Waals surface area contributed by atoms with Crippen LogP contribution in [-0.2, 0) is 14.3 Å². The molecule has 0 aromatic carbocycles. The van der Waals surface area contributed by atoms with E-state index < -0.39 is 61.5 Å². The number of amides is 1. The standard InChI is InChI=1S/C42H79NO9/c1-4-6-8-10-12-13-14-15-16-17-19-21-25-30-36(46)41(50)43-34(32-51-42-40(49)39(48)38(47)37(31-44)52-42)35(45)29-26-22-24-28-33(3)27-23-20-18-11-9-7-5-2/h26,28-29,34-40,42,44-49H,4-25,27,30-32H2,1-3H3,(H,43,50)/b29-26+,33-28+/t34-,35-,36+,37-,38-,39+,40-,42-/m1/s1. The molecule has 1 rings (SSSR count). The second-order valence-corrected chi connectivity index (χ2v) is 15.1. The number of unbranched alkanes of at least 4 members (excludes halogenated alkanes) is 19. The molecule has 0 radical (unpaired) electrons. The number of ether oxygens (including phenoxy) is 2. The normalized spacial score (nSPS) is 22.9. The van der Waals surface area contributed by atoms with E-state index in [0.717, 1.165) is 32.1 Å². The first kappa shape index (κ1) is 48.6. The summed E-state index contributed by atoms with van der Waals surface area (Å²) in [4.78, 5) is 13.0. The SMILES string of the molecule is CCCCCCCCCCCCCCC[C@H](O)C(=O)N[C@H](CO[C@@H]1O[C@H](CO)[C@@H](O)[C@H](O)[C@H]1O)[C@H](O)/C=C/CC/C=C(\C)CCCCCCCCC. The van der Waals surface area contributed by atoms with Crippen molar-refractivity contribution in [1.82, 2.24) is 5.32 Å². The van der Waals surface area contributed by atoms with Crippen LogP contribution in [0, 0.1) is 0 Å². The van der Waals surface area contributed by atoms with Crippen molar-refractivity contribution in [3.63, 3.8) is 0 Å². The van der Waals surface area contributed by atoms with Crippen LogP contribution < -0.4 is 5.32 Å². The van der Waals surface area contributed by atoms with Gasteiger partial charge < -0.3 is 45.4 Å². The Labute approximate surface area is 316 Å². The van der Waals surface area contributed by atoms with Gasteiger partial charge in [0.1, 0.15) is 30.5 Å². The van der Waals surface area contributed by atoms with Gasteiger partial charge in [-0.15, -0.1) is 0 Å². The number of hydrogen-bond donors (Lipinski definition) is 7. The summed E-state index contributed by atoms with van der Waals surface area (Å²) in [6, 6.07) is -0.994. The Bertz CT molecular complexity index is 914. The molecule has 8 atom stereocenters. The van der Waals surface area contributed by atoms with Crippen molar-refractivity contribution in [2.24, 2.45) is 0 Å². The number of nitrogens with one attached hydrogen (secondary N) is 1. The Morgan fingerprint density at radius 3 is 1.79 bits per heavy atom. The smallest absolute Gasteiger partial charge is 0.249 e. The first-order valence-corrected chi connectivity index (χ1v) is 21.1. The molecule has 7 N–H and O–H groups in total. The minimum absolute atomic E-state index is 0.306. The Morgan fingerprint density at radius 2 is 1.25 bits per heavy atom. The van der Waals surface area contributed by atoms with Crippen LogP contribution in [-0.4, -0.2) is 98.7 Å². The van der Waals surface area contributed by atoms with E-state index in [-0.39, 0.29) is 6.61 Å². The number of aliphatic hydroxyl groups excluding tert-OH is 6. The molecule has 10 nitrogen and oxygen atoms in total. The fraction of sp³-hybridized carbons (Fsp3) is 0.881. The van der Waals surface area contributed by atoms with Crippen molar-refractivity contribution in [1.29, 1.82) is 0 Å². The first-order valence-electron chi connectivity index (χ1n) is 21.1. The Balaban J connectivity index is 2.57. The summed E-state index contributed by atoms with van der Waals surface area (Å²) in [6.07, 6.45) is 23.4. The predicted molar refractivity (Wildman–Crippen MR) is 209 cm³/mol. The van der Waals surface area contributed by atoms with Crippen LogP contribution in [0.2, 0.25) is 0 Å². The largest absolute Gasteiger partial charge is 0.394 e. The van der Waals surface area contributed by atoms with Crippen molar-refractivity contribution in [3.8, 4) is 0 Å².